The van der Waals surface area contributed by atoms with Gasteiger partial charge in [-0.05, 0) is 19.1 Å². The second-order valence-electron chi connectivity index (χ2n) is 4.06. The van der Waals surface area contributed by atoms with E-state index in [0.29, 0.717) is 5.39 Å². The van der Waals surface area contributed by atoms with E-state index in [0.717, 1.165) is 0 Å². The van der Waals surface area contributed by atoms with Crippen molar-refractivity contribution in [2.45, 2.75) is 13.0 Å². The second kappa shape index (κ2) is 4.58. The lowest BCUT2D eigenvalue weighted by Gasteiger charge is -2.12. The predicted molar refractivity (Wildman–Crippen MR) is 66.7 cm³/mol. The maximum atomic E-state index is 12.1. The molecule has 0 saturated carbocycles. The summed E-state index contributed by atoms with van der Waals surface area (Å²) in [5.41, 5.74) is -0.425. The average molecular weight is 248 g/mol. The Morgan fingerprint density at radius 1 is 1.39 bits per heavy atom. The lowest BCUT2D eigenvalue weighted by Crippen LogP contribution is -2.24. The second-order valence-corrected chi connectivity index (χ2v) is 4.06. The number of non-ortho nitro benzene ring substituents is 1. The van der Waals surface area contributed by atoms with Crippen molar-refractivity contribution in [1.29, 1.82) is 0 Å². The van der Waals surface area contributed by atoms with Gasteiger partial charge in [0.05, 0.1) is 28.3 Å². The number of aliphatic hydroxyl groups excluding tert-OH is 1. The van der Waals surface area contributed by atoms with Gasteiger partial charge in [-0.2, -0.15) is 0 Å². The molecule has 18 heavy (non-hydrogen) atoms. The van der Waals surface area contributed by atoms with Gasteiger partial charge in [-0.3, -0.25) is 14.9 Å². The van der Waals surface area contributed by atoms with Crippen molar-refractivity contribution in [3.05, 3.63) is 50.9 Å². The minimum Gasteiger partial charge on any atom is -0.394 e. The predicted octanol–water partition coefficient (Wildman–Crippen LogP) is 1.46. The fraction of sp³-hybridized carbons (Fsp3) is 0.250. The van der Waals surface area contributed by atoms with Gasteiger partial charge in [0.25, 0.3) is 11.2 Å². The summed E-state index contributed by atoms with van der Waals surface area (Å²) in [6.07, 6.45) is 1.47. The summed E-state index contributed by atoms with van der Waals surface area (Å²) >= 11 is 0. The molecule has 1 N–H and O–H groups in total. The van der Waals surface area contributed by atoms with Gasteiger partial charge in [-0.15, -0.1) is 0 Å². The minimum atomic E-state index is -0.512. The molecular weight excluding hydrogens is 236 g/mol. The summed E-state index contributed by atoms with van der Waals surface area (Å²) in [6, 6.07) is 5.56. The molecule has 0 amide bonds. The number of nitro groups is 1. The Morgan fingerprint density at radius 2 is 2.11 bits per heavy atom. The van der Waals surface area contributed by atoms with Gasteiger partial charge in [0.15, 0.2) is 0 Å². The highest BCUT2D eigenvalue weighted by atomic mass is 16.6. The quantitative estimate of drug-likeness (QED) is 0.658. The zero-order chi connectivity index (χ0) is 13.3. The van der Waals surface area contributed by atoms with E-state index in [1.54, 1.807) is 13.0 Å². The lowest BCUT2D eigenvalue weighted by atomic mass is 10.1. The zero-order valence-electron chi connectivity index (χ0n) is 9.74. The largest absolute Gasteiger partial charge is 0.394 e. The molecule has 2 rings (SSSR count). The van der Waals surface area contributed by atoms with E-state index in [-0.39, 0.29) is 29.3 Å². The van der Waals surface area contributed by atoms with Crippen LogP contribution in [-0.4, -0.2) is 21.2 Å². The van der Waals surface area contributed by atoms with Crippen molar-refractivity contribution >= 4 is 16.5 Å². The van der Waals surface area contributed by atoms with E-state index in [1.807, 2.05) is 0 Å². The monoisotopic (exact) mass is 248 g/mol. The Labute approximate surface area is 102 Å². The number of fused-ring (bicyclic) bond motifs is 1. The van der Waals surface area contributed by atoms with Crippen molar-refractivity contribution in [3.63, 3.8) is 0 Å². The topological polar surface area (TPSA) is 85.4 Å². The molecule has 6 nitrogen and oxygen atoms in total. The van der Waals surface area contributed by atoms with Crippen LogP contribution < -0.4 is 5.56 Å². The molecule has 0 aliphatic heterocycles. The van der Waals surface area contributed by atoms with Crippen molar-refractivity contribution in [2.75, 3.05) is 6.61 Å². The number of pyridine rings is 1. The zero-order valence-corrected chi connectivity index (χ0v) is 9.74. The molecule has 6 heteroatoms. The number of nitro benzene ring substituents is 1. The van der Waals surface area contributed by atoms with Gasteiger partial charge >= 0.3 is 0 Å². The van der Waals surface area contributed by atoms with Gasteiger partial charge in [-0.25, -0.2) is 0 Å². The third-order valence-electron chi connectivity index (χ3n) is 2.89. The highest BCUT2D eigenvalue weighted by molar-refractivity contribution is 5.89. The van der Waals surface area contributed by atoms with Crippen molar-refractivity contribution in [1.82, 2.24) is 4.57 Å². The molecule has 0 aliphatic carbocycles. The summed E-state index contributed by atoms with van der Waals surface area (Å²) < 4.78 is 1.37. The van der Waals surface area contributed by atoms with Gasteiger partial charge in [-0.1, -0.05) is 6.07 Å². The number of hydrogen-bond donors (Lipinski definition) is 1. The summed E-state index contributed by atoms with van der Waals surface area (Å²) in [7, 11) is 0. The van der Waals surface area contributed by atoms with Crippen molar-refractivity contribution in [3.8, 4) is 0 Å². The Balaban J connectivity index is 2.78. The summed E-state index contributed by atoms with van der Waals surface area (Å²) in [5, 5.41) is 20.5. The van der Waals surface area contributed by atoms with Crippen molar-refractivity contribution < 1.29 is 10.0 Å². The molecule has 0 saturated heterocycles. The van der Waals surface area contributed by atoms with Crippen molar-refractivity contribution in [2.24, 2.45) is 0 Å². The van der Waals surface area contributed by atoms with E-state index in [9.17, 15) is 14.9 Å². The van der Waals surface area contributed by atoms with E-state index in [2.05, 4.69) is 0 Å². The van der Waals surface area contributed by atoms with Gasteiger partial charge in [0.2, 0.25) is 0 Å². The number of hydrogen-bond acceptors (Lipinski definition) is 4. The van der Waals surface area contributed by atoms with E-state index in [1.165, 1.54) is 29.0 Å². The number of nitrogens with zero attached hydrogens (tertiary/aromatic N) is 2. The number of benzene rings is 1. The van der Waals surface area contributed by atoms with E-state index < -0.39 is 4.92 Å². The molecule has 0 spiro atoms. The maximum Gasteiger partial charge on any atom is 0.277 e. The van der Waals surface area contributed by atoms with E-state index in [4.69, 9.17) is 5.11 Å². The third kappa shape index (κ3) is 1.86. The van der Waals surface area contributed by atoms with Crippen LogP contribution in [0.4, 0.5) is 5.69 Å². The fourth-order valence-corrected chi connectivity index (χ4v) is 1.87. The summed E-state index contributed by atoms with van der Waals surface area (Å²) in [4.78, 5) is 22.5. The van der Waals surface area contributed by atoms with E-state index >= 15 is 0 Å². The lowest BCUT2D eigenvalue weighted by molar-refractivity contribution is -0.383. The molecule has 1 aromatic heterocycles. The minimum absolute atomic E-state index is 0.0894. The number of rotatable bonds is 3. The first-order chi connectivity index (χ1) is 8.56. The Kier molecular flexibility index (Phi) is 3.12. The molecule has 1 atom stereocenters. The third-order valence-corrected chi connectivity index (χ3v) is 2.89. The molecule has 1 aromatic carbocycles. The maximum absolute atomic E-state index is 12.1. The Hall–Kier alpha value is -2.21. The fourth-order valence-electron chi connectivity index (χ4n) is 1.87. The van der Waals surface area contributed by atoms with Crippen LogP contribution in [0.25, 0.3) is 10.8 Å². The van der Waals surface area contributed by atoms with Gasteiger partial charge in [0.1, 0.15) is 0 Å². The van der Waals surface area contributed by atoms with Crippen LogP contribution in [0, 0.1) is 10.1 Å². The SMILES string of the molecule is C[C@@H](CO)n1ccc2c([N+](=O)[O-])cccc2c1=O. The molecule has 0 aliphatic rings. The van der Waals surface area contributed by atoms with Crippen LogP contribution in [0.15, 0.2) is 35.3 Å². The average Bonchev–Trinajstić information content (AvgIpc) is 2.37. The van der Waals surface area contributed by atoms with Crippen LogP contribution >= 0.6 is 0 Å². The van der Waals surface area contributed by atoms with Crippen LogP contribution in [-0.2, 0) is 0 Å². The molecule has 0 unspecified atom stereocenters. The van der Waals surface area contributed by atoms with Crippen LogP contribution in [0.1, 0.15) is 13.0 Å². The molecule has 0 fully saturated rings. The van der Waals surface area contributed by atoms with Gasteiger partial charge in [0, 0.05) is 12.3 Å². The molecule has 0 bridgehead atoms. The van der Waals surface area contributed by atoms with Crippen LogP contribution in [0.5, 0.6) is 0 Å². The molecule has 0 radical (unpaired) electrons. The van der Waals surface area contributed by atoms with Crippen LogP contribution in [0.2, 0.25) is 0 Å². The summed E-state index contributed by atoms with van der Waals surface area (Å²) in [6.45, 7) is 1.53. The first-order valence-corrected chi connectivity index (χ1v) is 5.45. The highest BCUT2D eigenvalue weighted by Crippen LogP contribution is 2.23. The summed E-state index contributed by atoms with van der Waals surface area (Å²) in [5.74, 6) is 0. The molecule has 94 valence electrons. The normalized spacial score (nSPS) is 12.6. The standard InChI is InChI=1S/C12H12N2O4/c1-8(7-15)13-6-5-9-10(12(13)16)3-2-4-11(9)14(17)18/h2-6,8,15H,7H2,1H3/t8-/m0/s1. The highest BCUT2D eigenvalue weighted by Gasteiger charge is 2.15. The Bertz CT molecular complexity index is 663. The molecule has 2 aromatic rings. The first kappa shape index (κ1) is 12.3. The molecular formula is C12H12N2O4. The number of aromatic nitrogens is 1. The molecule has 1 heterocycles. The smallest absolute Gasteiger partial charge is 0.277 e. The van der Waals surface area contributed by atoms with Crippen LogP contribution in [0.3, 0.4) is 0 Å². The number of aliphatic hydroxyl groups is 1. The van der Waals surface area contributed by atoms with Gasteiger partial charge < -0.3 is 9.67 Å². The Morgan fingerprint density at radius 3 is 2.72 bits per heavy atom. The first-order valence-electron chi connectivity index (χ1n) is 5.45.